The molecule has 0 radical (unpaired) electrons. The van der Waals surface area contributed by atoms with Crippen LogP contribution in [0.1, 0.15) is 21.8 Å². The highest BCUT2D eigenvalue weighted by molar-refractivity contribution is 6.30. The van der Waals surface area contributed by atoms with Crippen LogP contribution >= 0.6 is 11.6 Å². The fourth-order valence-electron chi connectivity index (χ4n) is 2.77. The second kappa shape index (κ2) is 8.52. The maximum Gasteiger partial charge on any atom is 0.307 e. The van der Waals surface area contributed by atoms with Gasteiger partial charge in [-0.1, -0.05) is 17.7 Å². The number of hydrogen-bond donors (Lipinski definition) is 2. The summed E-state index contributed by atoms with van der Waals surface area (Å²) in [5.74, 6) is -0.0946. The van der Waals surface area contributed by atoms with Crippen LogP contribution in [0.2, 0.25) is 5.02 Å². The molecule has 0 saturated carbocycles. The van der Waals surface area contributed by atoms with Crippen LogP contribution in [-0.2, 0) is 13.6 Å². The molecular weight excluding hydrogens is 425 g/mol. The number of carbonyl (C=O) groups is 1. The van der Waals surface area contributed by atoms with E-state index in [2.05, 4.69) is 30.7 Å². The summed E-state index contributed by atoms with van der Waals surface area (Å²) in [5, 5.41) is 9.80. The van der Waals surface area contributed by atoms with Crippen LogP contribution in [-0.4, -0.2) is 30.6 Å². The molecule has 0 spiro atoms. The number of aryl methyl sites for hydroxylation is 2. The zero-order chi connectivity index (χ0) is 22.0. The average Bonchev–Trinajstić information content (AvgIpc) is 3.40. The first-order valence-corrected chi connectivity index (χ1v) is 9.55. The topological polar surface area (TPSA) is 111 Å². The molecule has 3 heterocycles. The number of amides is 1. The van der Waals surface area contributed by atoms with Gasteiger partial charge in [0.05, 0.1) is 11.2 Å². The predicted molar refractivity (Wildman–Crippen MR) is 111 cm³/mol. The Labute approximate surface area is 181 Å². The van der Waals surface area contributed by atoms with Crippen molar-refractivity contribution in [1.29, 1.82) is 0 Å². The summed E-state index contributed by atoms with van der Waals surface area (Å²) >= 11 is 5.76. The van der Waals surface area contributed by atoms with Crippen molar-refractivity contribution in [3.8, 4) is 11.4 Å². The third kappa shape index (κ3) is 4.53. The van der Waals surface area contributed by atoms with Crippen molar-refractivity contribution in [1.82, 2.24) is 30.0 Å². The van der Waals surface area contributed by atoms with Gasteiger partial charge in [-0.05, 0) is 30.2 Å². The zero-order valence-corrected chi connectivity index (χ0v) is 17.3. The highest BCUT2D eigenvalue weighted by Crippen LogP contribution is 2.23. The maximum absolute atomic E-state index is 13.2. The van der Waals surface area contributed by atoms with Crippen molar-refractivity contribution < 1.29 is 13.6 Å². The van der Waals surface area contributed by atoms with Gasteiger partial charge in [-0.15, -0.1) is 0 Å². The van der Waals surface area contributed by atoms with Gasteiger partial charge in [0.15, 0.2) is 0 Å². The number of halogens is 2. The molecule has 1 amide bonds. The van der Waals surface area contributed by atoms with E-state index in [1.807, 2.05) is 6.92 Å². The van der Waals surface area contributed by atoms with Crippen LogP contribution in [0.3, 0.4) is 0 Å². The first-order valence-electron chi connectivity index (χ1n) is 9.17. The number of nitrogens with one attached hydrogen (secondary N) is 2. The number of hydrogen-bond acceptors (Lipinski definition) is 7. The molecule has 9 nitrogen and oxygen atoms in total. The van der Waals surface area contributed by atoms with E-state index in [1.54, 1.807) is 30.2 Å². The Morgan fingerprint density at radius 2 is 2.13 bits per heavy atom. The molecule has 0 fully saturated rings. The third-order valence-corrected chi connectivity index (χ3v) is 4.70. The van der Waals surface area contributed by atoms with E-state index in [9.17, 15) is 9.18 Å². The number of benzene rings is 1. The molecule has 0 unspecified atom stereocenters. The van der Waals surface area contributed by atoms with Crippen molar-refractivity contribution in [2.45, 2.75) is 13.5 Å². The molecule has 0 bridgehead atoms. The fraction of sp³-hybridized carbons (Fsp3) is 0.150. The minimum absolute atomic E-state index is 0.0140. The monoisotopic (exact) mass is 441 g/mol. The van der Waals surface area contributed by atoms with Gasteiger partial charge in [0.2, 0.25) is 5.95 Å². The van der Waals surface area contributed by atoms with Crippen LogP contribution in [0.4, 0.5) is 16.2 Å². The number of rotatable bonds is 6. The second-order valence-electron chi connectivity index (χ2n) is 6.66. The van der Waals surface area contributed by atoms with E-state index in [1.165, 1.54) is 24.5 Å². The minimum Gasteiger partial charge on any atom is -0.440 e. The molecule has 11 heteroatoms. The Morgan fingerprint density at radius 1 is 1.29 bits per heavy atom. The minimum atomic E-state index is -0.522. The van der Waals surface area contributed by atoms with E-state index >= 15 is 0 Å². The molecule has 0 atom stereocenters. The normalized spacial score (nSPS) is 10.8. The Bertz CT molecular complexity index is 1250. The van der Waals surface area contributed by atoms with E-state index < -0.39 is 11.7 Å². The summed E-state index contributed by atoms with van der Waals surface area (Å²) in [7, 11) is 1.79. The Morgan fingerprint density at radius 3 is 2.87 bits per heavy atom. The Hall–Kier alpha value is -3.79. The summed E-state index contributed by atoms with van der Waals surface area (Å²) in [6, 6.07) is 6.00. The third-order valence-electron chi connectivity index (χ3n) is 4.41. The van der Waals surface area contributed by atoms with Crippen LogP contribution in [0.5, 0.6) is 0 Å². The number of anilines is 2. The Kier molecular flexibility index (Phi) is 5.63. The number of oxazole rings is 1. The highest BCUT2D eigenvalue weighted by Gasteiger charge is 2.17. The van der Waals surface area contributed by atoms with Crippen molar-refractivity contribution in [3.63, 3.8) is 0 Å². The standard InChI is InChI=1S/C20H17ClFN7O2/c1-11-8-24-20(27-16-5-6-25-29(16)2)28-17(11)15-10-31-19(26-15)18(30)23-9-12-3-4-14(22)13(21)7-12/h3-8,10H,9H2,1-2H3,(H,23,30)(H,24,27,28). The van der Waals surface area contributed by atoms with Gasteiger partial charge in [0.1, 0.15) is 29.3 Å². The lowest BCUT2D eigenvalue weighted by atomic mass is 10.2. The SMILES string of the molecule is Cc1cnc(Nc2ccnn2C)nc1-c1coc(C(=O)NCc2ccc(F)c(Cl)c2)n1. The van der Waals surface area contributed by atoms with Crippen molar-refractivity contribution in [2.75, 3.05) is 5.32 Å². The molecule has 158 valence electrons. The summed E-state index contributed by atoms with van der Waals surface area (Å²) in [5.41, 5.74) is 2.32. The molecule has 0 aliphatic rings. The fourth-order valence-corrected chi connectivity index (χ4v) is 2.97. The maximum atomic E-state index is 13.2. The summed E-state index contributed by atoms with van der Waals surface area (Å²) in [4.78, 5) is 25.4. The number of carbonyl (C=O) groups excluding carboxylic acids is 1. The van der Waals surface area contributed by atoms with Crippen LogP contribution in [0, 0.1) is 12.7 Å². The van der Waals surface area contributed by atoms with Gasteiger partial charge >= 0.3 is 5.91 Å². The molecule has 0 aliphatic carbocycles. The smallest absolute Gasteiger partial charge is 0.307 e. The van der Waals surface area contributed by atoms with Gasteiger partial charge in [0, 0.05) is 25.9 Å². The first kappa shape index (κ1) is 20.5. The molecule has 2 N–H and O–H groups in total. The summed E-state index contributed by atoms with van der Waals surface area (Å²) < 4.78 is 20.2. The molecule has 4 aromatic rings. The van der Waals surface area contributed by atoms with Gasteiger partial charge in [-0.25, -0.2) is 19.3 Å². The van der Waals surface area contributed by atoms with Crippen LogP contribution in [0.15, 0.2) is 47.3 Å². The van der Waals surface area contributed by atoms with Crippen molar-refractivity contribution >= 4 is 29.3 Å². The van der Waals surface area contributed by atoms with Crippen LogP contribution in [0.25, 0.3) is 11.4 Å². The average molecular weight is 442 g/mol. The van der Waals surface area contributed by atoms with Gasteiger partial charge in [0.25, 0.3) is 5.89 Å². The van der Waals surface area contributed by atoms with E-state index in [4.69, 9.17) is 16.0 Å². The van der Waals surface area contributed by atoms with Crippen molar-refractivity contribution in [3.05, 3.63) is 70.8 Å². The quantitative estimate of drug-likeness (QED) is 0.470. The van der Waals surface area contributed by atoms with E-state index in [0.717, 1.165) is 11.4 Å². The van der Waals surface area contributed by atoms with Gasteiger partial charge in [-0.2, -0.15) is 5.10 Å². The number of aromatic nitrogens is 5. The molecule has 3 aromatic heterocycles. The van der Waals surface area contributed by atoms with E-state index in [-0.39, 0.29) is 17.5 Å². The van der Waals surface area contributed by atoms with Gasteiger partial charge in [-0.3, -0.25) is 9.48 Å². The molecule has 4 rings (SSSR count). The molecule has 31 heavy (non-hydrogen) atoms. The van der Waals surface area contributed by atoms with Crippen LogP contribution < -0.4 is 10.6 Å². The van der Waals surface area contributed by atoms with Gasteiger partial charge < -0.3 is 15.1 Å². The number of nitrogens with zero attached hydrogens (tertiary/aromatic N) is 5. The molecule has 1 aromatic carbocycles. The lowest BCUT2D eigenvalue weighted by Gasteiger charge is -2.07. The zero-order valence-electron chi connectivity index (χ0n) is 16.6. The Balaban J connectivity index is 1.48. The van der Waals surface area contributed by atoms with E-state index in [0.29, 0.717) is 22.9 Å². The van der Waals surface area contributed by atoms with Crippen molar-refractivity contribution in [2.24, 2.45) is 7.05 Å². The molecule has 0 aliphatic heterocycles. The summed E-state index contributed by atoms with van der Waals surface area (Å²) in [6.07, 6.45) is 4.65. The largest absolute Gasteiger partial charge is 0.440 e. The highest BCUT2D eigenvalue weighted by atomic mass is 35.5. The summed E-state index contributed by atoms with van der Waals surface area (Å²) in [6.45, 7) is 1.97. The molecule has 0 saturated heterocycles. The first-order chi connectivity index (χ1) is 14.9. The lowest BCUT2D eigenvalue weighted by Crippen LogP contribution is -2.23. The predicted octanol–water partition coefficient (Wildman–Crippen LogP) is 3.64. The second-order valence-corrected chi connectivity index (χ2v) is 7.07. The molecular formula is C20H17ClFN7O2. The lowest BCUT2D eigenvalue weighted by molar-refractivity contribution is 0.0916.